The van der Waals surface area contributed by atoms with Gasteiger partial charge in [0.25, 0.3) is 0 Å². The average molecular weight is 296 g/mol. The molecule has 21 heavy (non-hydrogen) atoms. The number of hydrogen-bond donors (Lipinski definition) is 1. The summed E-state index contributed by atoms with van der Waals surface area (Å²) < 4.78 is 11.4. The Hall–Kier alpha value is -0.630. The van der Waals surface area contributed by atoms with E-state index in [4.69, 9.17) is 9.47 Å². The monoisotopic (exact) mass is 296 g/mol. The third kappa shape index (κ3) is 6.34. The molecule has 1 fully saturated rings. The van der Waals surface area contributed by atoms with E-state index in [1.54, 1.807) is 7.11 Å². The maximum Gasteiger partial charge on any atom is 0.106 e. The lowest BCUT2D eigenvalue weighted by molar-refractivity contribution is -0.0310. The van der Waals surface area contributed by atoms with Crippen LogP contribution in [0, 0.1) is 11.3 Å². The van der Waals surface area contributed by atoms with Crippen LogP contribution >= 0.6 is 0 Å². The first-order valence-electron chi connectivity index (χ1n) is 8.50. The van der Waals surface area contributed by atoms with Gasteiger partial charge in [-0.2, -0.15) is 5.26 Å². The van der Waals surface area contributed by atoms with Crippen molar-refractivity contribution in [3.8, 4) is 6.07 Å². The highest BCUT2D eigenvalue weighted by Gasteiger charge is 2.27. The second-order valence-electron chi connectivity index (χ2n) is 6.09. The Morgan fingerprint density at radius 2 is 2.05 bits per heavy atom. The van der Waals surface area contributed by atoms with E-state index in [1.165, 1.54) is 6.42 Å². The van der Waals surface area contributed by atoms with Crippen LogP contribution in [0.2, 0.25) is 0 Å². The SMILES string of the molecule is CCCNC(C#N)(CC)CCCOC1CCCC(OC)C1. The highest BCUT2D eigenvalue weighted by molar-refractivity contribution is 5.06. The van der Waals surface area contributed by atoms with Gasteiger partial charge in [-0.25, -0.2) is 0 Å². The van der Waals surface area contributed by atoms with Crippen LogP contribution in [0.15, 0.2) is 0 Å². The van der Waals surface area contributed by atoms with E-state index >= 15 is 0 Å². The molecule has 0 aliphatic heterocycles. The van der Waals surface area contributed by atoms with Gasteiger partial charge in [0.1, 0.15) is 5.54 Å². The summed E-state index contributed by atoms with van der Waals surface area (Å²) in [6.45, 7) is 5.86. The second-order valence-corrected chi connectivity index (χ2v) is 6.09. The predicted octanol–water partition coefficient (Wildman–Crippen LogP) is 3.41. The molecule has 0 aromatic heterocycles. The van der Waals surface area contributed by atoms with E-state index in [1.807, 2.05) is 0 Å². The molecule has 1 aliphatic rings. The van der Waals surface area contributed by atoms with Crippen LogP contribution in [0.25, 0.3) is 0 Å². The van der Waals surface area contributed by atoms with Crippen molar-refractivity contribution in [1.82, 2.24) is 5.32 Å². The first-order chi connectivity index (χ1) is 10.2. The lowest BCUT2D eigenvalue weighted by Gasteiger charge is -2.29. The Bertz CT molecular complexity index is 316. The number of hydrogen-bond acceptors (Lipinski definition) is 4. The zero-order chi connectivity index (χ0) is 15.6. The second kappa shape index (κ2) is 10.2. The van der Waals surface area contributed by atoms with E-state index in [-0.39, 0.29) is 5.54 Å². The van der Waals surface area contributed by atoms with Gasteiger partial charge in [0.2, 0.25) is 0 Å². The molecule has 3 unspecified atom stereocenters. The molecule has 4 heteroatoms. The van der Waals surface area contributed by atoms with Crippen molar-refractivity contribution < 1.29 is 9.47 Å². The number of rotatable bonds is 10. The van der Waals surface area contributed by atoms with Crippen LogP contribution < -0.4 is 5.32 Å². The molecule has 0 amide bonds. The number of methoxy groups -OCH3 is 1. The first kappa shape index (κ1) is 18.4. The molecular formula is C17H32N2O2. The fourth-order valence-electron chi connectivity index (χ4n) is 3.02. The summed E-state index contributed by atoms with van der Waals surface area (Å²) in [4.78, 5) is 0. The van der Waals surface area contributed by atoms with E-state index in [0.717, 1.165) is 58.1 Å². The Kier molecular flexibility index (Phi) is 8.91. The van der Waals surface area contributed by atoms with Crippen LogP contribution in [-0.4, -0.2) is 38.0 Å². The largest absolute Gasteiger partial charge is 0.381 e. The van der Waals surface area contributed by atoms with Crippen LogP contribution in [0.1, 0.15) is 65.2 Å². The number of nitrogens with one attached hydrogen (secondary N) is 1. The minimum absolute atomic E-state index is 0.338. The zero-order valence-electron chi connectivity index (χ0n) is 14.0. The van der Waals surface area contributed by atoms with Crippen molar-refractivity contribution in [2.45, 2.75) is 83.0 Å². The fraction of sp³-hybridized carbons (Fsp3) is 0.941. The molecule has 0 spiro atoms. The van der Waals surface area contributed by atoms with Gasteiger partial charge < -0.3 is 9.47 Å². The Morgan fingerprint density at radius 1 is 1.29 bits per heavy atom. The van der Waals surface area contributed by atoms with Gasteiger partial charge in [0.05, 0.1) is 18.3 Å². The van der Waals surface area contributed by atoms with Crippen molar-refractivity contribution >= 4 is 0 Å². The molecule has 3 atom stereocenters. The molecule has 1 saturated carbocycles. The van der Waals surface area contributed by atoms with Crippen LogP contribution in [0.4, 0.5) is 0 Å². The zero-order valence-corrected chi connectivity index (χ0v) is 14.0. The van der Waals surface area contributed by atoms with Gasteiger partial charge in [0, 0.05) is 13.7 Å². The summed E-state index contributed by atoms with van der Waals surface area (Å²) in [7, 11) is 1.79. The molecule has 4 nitrogen and oxygen atoms in total. The molecular weight excluding hydrogens is 264 g/mol. The molecule has 122 valence electrons. The van der Waals surface area contributed by atoms with E-state index in [9.17, 15) is 5.26 Å². The van der Waals surface area contributed by atoms with Gasteiger partial charge in [-0.3, -0.25) is 5.32 Å². The number of ether oxygens (including phenoxy) is 2. The highest BCUT2D eigenvalue weighted by atomic mass is 16.5. The molecule has 0 saturated heterocycles. The van der Waals surface area contributed by atoms with Gasteiger partial charge >= 0.3 is 0 Å². The molecule has 0 heterocycles. The number of nitriles is 1. The van der Waals surface area contributed by atoms with Crippen molar-refractivity contribution in [3.05, 3.63) is 0 Å². The van der Waals surface area contributed by atoms with Crippen LogP contribution in [0.5, 0.6) is 0 Å². The summed E-state index contributed by atoms with van der Waals surface area (Å²) in [6.07, 6.45) is 8.91. The minimum Gasteiger partial charge on any atom is -0.381 e. The lowest BCUT2D eigenvalue weighted by Crippen LogP contribution is -2.44. The van der Waals surface area contributed by atoms with Gasteiger partial charge in [-0.1, -0.05) is 13.8 Å². The van der Waals surface area contributed by atoms with Crippen LogP contribution in [-0.2, 0) is 9.47 Å². The topological polar surface area (TPSA) is 54.3 Å². The maximum absolute atomic E-state index is 9.45. The van der Waals surface area contributed by atoms with Gasteiger partial charge in [-0.15, -0.1) is 0 Å². The summed E-state index contributed by atoms with van der Waals surface area (Å²) >= 11 is 0. The van der Waals surface area contributed by atoms with Crippen molar-refractivity contribution in [3.63, 3.8) is 0 Å². The maximum atomic E-state index is 9.45. The van der Waals surface area contributed by atoms with Crippen molar-refractivity contribution in [1.29, 1.82) is 5.26 Å². The third-order valence-corrected chi connectivity index (χ3v) is 4.54. The lowest BCUT2D eigenvalue weighted by atomic mass is 9.92. The van der Waals surface area contributed by atoms with E-state index in [2.05, 4.69) is 25.2 Å². The smallest absolute Gasteiger partial charge is 0.106 e. The highest BCUT2D eigenvalue weighted by Crippen LogP contribution is 2.24. The summed E-state index contributed by atoms with van der Waals surface area (Å²) in [5, 5.41) is 12.8. The van der Waals surface area contributed by atoms with Gasteiger partial charge in [0.15, 0.2) is 0 Å². The Labute approximate surface area is 130 Å². The van der Waals surface area contributed by atoms with Crippen LogP contribution in [0.3, 0.4) is 0 Å². The number of nitrogens with zero attached hydrogens (tertiary/aromatic N) is 1. The fourth-order valence-corrected chi connectivity index (χ4v) is 3.02. The summed E-state index contributed by atoms with van der Waals surface area (Å²) in [5.74, 6) is 0. The van der Waals surface area contributed by atoms with Crippen molar-refractivity contribution in [2.24, 2.45) is 0 Å². The van der Waals surface area contributed by atoms with Crippen molar-refractivity contribution in [2.75, 3.05) is 20.3 Å². The average Bonchev–Trinajstić information content (AvgIpc) is 2.55. The molecule has 1 N–H and O–H groups in total. The standard InChI is InChI=1S/C17H32N2O2/c1-4-11-19-17(5-2,14-18)10-7-12-21-16-9-6-8-15(13-16)20-3/h15-16,19H,4-13H2,1-3H3. The third-order valence-electron chi connectivity index (χ3n) is 4.54. The van der Waals surface area contributed by atoms with Gasteiger partial charge in [-0.05, 0) is 57.9 Å². The molecule has 0 bridgehead atoms. The Balaban J connectivity index is 2.26. The Morgan fingerprint density at radius 3 is 2.67 bits per heavy atom. The first-order valence-corrected chi connectivity index (χ1v) is 8.50. The molecule has 0 aromatic rings. The predicted molar refractivity (Wildman–Crippen MR) is 85.2 cm³/mol. The van der Waals surface area contributed by atoms with E-state index in [0.29, 0.717) is 12.2 Å². The molecule has 0 aromatic carbocycles. The molecule has 0 radical (unpaired) electrons. The normalized spacial score (nSPS) is 25.2. The molecule has 1 rings (SSSR count). The quantitative estimate of drug-likeness (QED) is 0.628. The molecule has 1 aliphatic carbocycles. The summed E-state index contributed by atoms with van der Waals surface area (Å²) in [5.41, 5.74) is -0.374. The summed E-state index contributed by atoms with van der Waals surface area (Å²) in [6, 6.07) is 2.47. The van der Waals surface area contributed by atoms with E-state index < -0.39 is 0 Å². The minimum atomic E-state index is -0.374.